The number of amides is 2. The topological polar surface area (TPSA) is 58.2 Å². The van der Waals surface area contributed by atoms with Gasteiger partial charge in [0.2, 0.25) is 5.91 Å². The predicted molar refractivity (Wildman–Crippen MR) is 126 cm³/mol. The third-order valence-corrected chi connectivity index (χ3v) is 5.58. The van der Waals surface area contributed by atoms with E-state index in [-0.39, 0.29) is 11.8 Å². The van der Waals surface area contributed by atoms with Gasteiger partial charge in [-0.15, -0.1) is 0 Å². The lowest BCUT2D eigenvalue weighted by atomic mass is 10.1. The molecule has 1 unspecified atom stereocenters. The second kappa shape index (κ2) is 10.9. The first-order chi connectivity index (χ1) is 14.6. The molecule has 6 heteroatoms. The number of hydrogen-bond donors (Lipinski definition) is 2. The van der Waals surface area contributed by atoms with E-state index in [9.17, 15) is 9.59 Å². The monoisotopic (exact) mass is 438 g/mol. The average molecular weight is 439 g/mol. The molecule has 0 spiro atoms. The Hall–Kier alpha value is -2.76. The number of hydrogen-bond acceptors (Lipinski definition) is 3. The van der Waals surface area contributed by atoms with Gasteiger partial charge in [0.05, 0.1) is 10.6 Å². The molecule has 3 rings (SSSR count). The summed E-state index contributed by atoms with van der Waals surface area (Å²) in [6, 6.07) is 23.8. The molecule has 3 aromatic rings. The Bertz CT molecular complexity index is 994. The highest BCUT2D eigenvalue weighted by atomic mass is 35.5. The van der Waals surface area contributed by atoms with E-state index >= 15 is 0 Å². The second-order valence-electron chi connectivity index (χ2n) is 6.72. The van der Waals surface area contributed by atoms with Crippen LogP contribution >= 0.6 is 23.4 Å². The van der Waals surface area contributed by atoms with Gasteiger partial charge < -0.3 is 10.6 Å². The molecule has 2 amide bonds. The molecule has 0 saturated carbocycles. The van der Waals surface area contributed by atoms with E-state index in [1.165, 1.54) is 0 Å². The van der Waals surface area contributed by atoms with Crippen LogP contribution < -0.4 is 10.6 Å². The Morgan fingerprint density at radius 3 is 2.20 bits per heavy atom. The molecule has 30 heavy (non-hydrogen) atoms. The number of benzene rings is 3. The normalized spacial score (nSPS) is 11.5. The van der Waals surface area contributed by atoms with Gasteiger partial charge in [-0.2, -0.15) is 11.8 Å². The van der Waals surface area contributed by atoms with E-state index in [4.69, 9.17) is 11.6 Å². The maximum atomic E-state index is 12.9. The lowest BCUT2D eigenvalue weighted by Crippen LogP contribution is -2.44. The minimum Gasteiger partial charge on any atom is -0.340 e. The van der Waals surface area contributed by atoms with E-state index in [1.807, 2.05) is 60.9 Å². The van der Waals surface area contributed by atoms with Crippen LogP contribution in [0.15, 0.2) is 78.9 Å². The highest BCUT2D eigenvalue weighted by Gasteiger charge is 2.22. The number of nitrogens with one attached hydrogen (secondary N) is 2. The quantitative estimate of drug-likeness (QED) is 0.488. The van der Waals surface area contributed by atoms with Gasteiger partial charge in [0.1, 0.15) is 6.04 Å². The van der Waals surface area contributed by atoms with Crippen LogP contribution in [0.25, 0.3) is 11.1 Å². The fourth-order valence-electron chi connectivity index (χ4n) is 2.99. The van der Waals surface area contributed by atoms with Crippen molar-refractivity contribution in [3.05, 3.63) is 89.4 Å². The third-order valence-electron chi connectivity index (χ3n) is 4.61. The number of halogens is 1. The summed E-state index contributed by atoms with van der Waals surface area (Å²) in [5.74, 6) is 0.131. The van der Waals surface area contributed by atoms with Gasteiger partial charge in [-0.1, -0.05) is 66.2 Å². The van der Waals surface area contributed by atoms with Crippen molar-refractivity contribution >= 4 is 40.9 Å². The van der Waals surface area contributed by atoms with Crippen LogP contribution in [0, 0.1) is 0 Å². The molecular formula is C24H23ClN2O2S. The fourth-order valence-corrected chi connectivity index (χ4v) is 3.68. The highest BCUT2D eigenvalue weighted by Crippen LogP contribution is 2.21. The minimum atomic E-state index is -0.657. The molecule has 0 aromatic heterocycles. The van der Waals surface area contributed by atoms with Crippen molar-refractivity contribution in [2.75, 3.05) is 17.3 Å². The summed E-state index contributed by atoms with van der Waals surface area (Å²) in [5, 5.41) is 6.08. The summed E-state index contributed by atoms with van der Waals surface area (Å²) in [4.78, 5) is 25.5. The van der Waals surface area contributed by atoms with Gasteiger partial charge >= 0.3 is 0 Å². The average Bonchev–Trinajstić information content (AvgIpc) is 2.78. The van der Waals surface area contributed by atoms with Crippen LogP contribution in [0.4, 0.5) is 5.69 Å². The van der Waals surface area contributed by atoms with Crippen molar-refractivity contribution < 1.29 is 9.59 Å². The Morgan fingerprint density at radius 1 is 0.900 bits per heavy atom. The van der Waals surface area contributed by atoms with Crippen molar-refractivity contribution in [3.63, 3.8) is 0 Å². The van der Waals surface area contributed by atoms with Crippen LogP contribution in [0.2, 0.25) is 5.02 Å². The van der Waals surface area contributed by atoms with Crippen LogP contribution in [0.5, 0.6) is 0 Å². The summed E-state index contributed by atoms with van der Waals surface area (Å²) in [6.07, 6.45) is 2.48. The molecule has 154 valence electrons. The van der Waals surface area contributed by atoms with Crippen molar-refractivity contribution in [2.45, 2.75) is 12.5 Å². The van der Waals surface area contributed by atoms with Crippen LogP contribution in [0.3, 0.4) is 0 Å². The molecule has 2 N–H and O–H groups in total. The summed E-state index contributed by atoms with van der Waals surface area (Å²) in [6.45, 7) is 0. The smallest absolute Gasteiger partial charge is 0.253 e. The van der Waals surface area contributed by atoms with E-state index in [0.717, 1.165) is 16.9 Å². The Labute approximate surface area is 186 Å². The van der Waals surface area contributed by atoms with Crippen LogP contribution in [-0.2, 0) is 4.79 Å². The van der Waals surface area contributed by atoms with Crippen LogP contribution in [0.1, 0.15) is 16.8 Å². The van der Waals surface area contributed by atoms with Gasteiger partial charge in [0, 0.05) is 5.69 Å². The molecular weight excluding hydrogens is 416 g/mol. The third kappa shape index (κ3) is 5.88. The lowest BCUT2D eigenvalue weighted by molar-refractivity contribution is -0.118. The molecule has 0 heterocycles. The molecule has 0 bridgehead atoms. The SMILES string of the molecule is CSCCC(NC(=O)c1ccccc1Cl)C(=O)Nc1ccc(-c2ccccc2)cc1. The van der Waals surface area contributed by atoms with Gasteiger partial charge in [0.15, 0.2) is 0 Å². The van der Waals surface area contributed by atoms with Crippen LogP contribution in [-0.4, -0.2) is 29.9 Å². The molecule has 0 fully saturated rings. The van der Waals surface area contributed by atoms with Gasteiger partial charge in [-0.25, -0.2) is 0 Å². The molecule has 0 aliphatic heterocycles. The van der Waals surface area contributed by atoms with Gasteiger partial charge in [-0.05, 0) is 53.8 Å². The first-order valence-corrected chi connectivity index (χ1v) is 11.4. The zero-order chi connectivity index (χ0) is 21.3. The maximum absolute atomic E-state index is 12.9. The number of carbonyl (C=O) groups excluding carboxylic acids is 2. The number of anilines is 1. The Morgan fingerprint density at radius 2 is 1.53 bits per heavy atom. The van der Waals surface area contributed by atoms with Gasteiger partial charge in [-0.3, -0.25) is 9.59 Å². The number of thioether (sulfide) groups is 1. The number of rotatable bonds is 8. The number of carbonyl (C=O) groups is 2. The van der Waals surface area contributed by atoms with E-state index < -0.39 is 6.04 Å². The fraction of sp³-hybridized carbons (Fsp3) is 0.167. The molecule has 1 atom stereocenters. The zero-order valence-corrected chi connectivity index (χ0v) is 18.2. The van der Waals surface area contributed by atoms with E-state index in [1.54, 1.807) is 36.0 Å². The summed E-state index contributed by atoms with van der Waals surface area (Å²) in [7, 11) is 0. The predicted octanol–water partition coefficient (Wildman–Crippen LogP) is 5.50. The molecule has 4 nitrogen and oxygen atoms in total. The van der Waals surface area contributed by atoms with E-state index in [2.05, 4.69) is 10.6 Å². The first kappa shape index (κ1) is 21.9. The summed E-state index contributed by atoms with van der Waals surface area (Å²) in [5.41, 5.74) is 3.22. The largest absolute Gasteiger partial charge is 0.340 e. The molecule has 3 aromatic carbocycles. The summed E-state index contributed by atoms with van der Waals surface area (Å²) >= 11 is 7.74. The molecule has 0 aliphatic rings. The zero-order valence-electron chi connectivity index (χ0n) is 16.6. The second-order valence-corrected chi connectivity index (χ2v) is 8.11. The van der Waals surface area contributed by atoms with Crippen molar-refractivity contribution in [2.24, 2.45) is 0 Å². The Balaban J connectivity index is 1.69. The standard InChI is InChI=1S/C24H23ClN2O2S/c1-30-16-15-22(27-23(28)20-9-5-6-10-21(20)25)24(29)26-19-13-11-18(12-14-19)17-7-3-2-4-8-17/h2-14,22H,15-16H2,1H3,(H,26,29)(H,27,28). The molecule has 0 aliphatic carbocycles. The van der Waals surface area contributed by atoms with E-state index in [0.29, 0.717) is 22.7 Å². The Kier molecular flexibility index (Phi) is 7.94. The maximum Gasteiger partial charge on any atom is 0.253 e. The molecule has 0 radical (unpaired) electrons. The minimum absolute atomic E-state index is 0.253. The summed E-state index contributed by atoms with van der Waals surface area (Å²) < 4.78 is 0. The van der Waals surface area contributed by atoms with Crippen molar-refractivity contribution in [1.82, 2.24) is 5.32 Å². The van der Waals surface area contributed by atoms with Crippen molar-refractivity contribution in [3.8, 4) is 11.1 Å². The highest BCUT2D eigenvalue weighted by molar-refractivity contribution is 7.98. The van der Waals surface area contributed by atoms with Gasteiger partial charge in [0.25, 0.3) is 5.91 Å². The first-order valence-electron chi connectivity index (χ1n) is 9.59. The lowest BCUT2D eigenvalue weighted by Gasteiger charge is -2.19. The van der Waals surface area contributed by atoms with Crippen molar-refractivity contribution in [1.29, 1.82) is 0 Å². The molecule has 0 saturated heterocycles.